The van der Waals surface area contributed by atoms with E-state index in [1.165, 1.54) is 6.08 Å². The number of para-hydroxylation sites is 1. The van der Waals surface area contributed by atoms with E-state index < -0.39 is 5.97 Å². The summed E-state index contributed by atoms with van der Waals surface area (Å²) >= 11 is 5.97. The minimum atomic E-state index is -1.03. The van der Waals surface area contributed by atoms with Crippen molar-refractivity contribution >= 4 is 23.6 Å². The van der Waals surface area contributed by atoms with Crippen molar-refractivity contribution in [3.8, 4) is 18.1 Å². The molecule has 1 N–H and O–H groups in total. The highest BCUT2D eigenvalue weighted by Crippen LogP contribution is 2.29. The summed E-state index contributed by atoms with van der Waals surface area (Å²) in [4.78, 5) is 10.4. The Balaban J connectivity index is 2.92. The normalized spacial score (nSPS) is 10.1. The number of halogens is 1. The van der Waals surface area contributed by atoms with Gasteiger partial charge in [-0.05, 0) is 12.1 Å². The summed E-state index contributed by atoms with van der Waals surface area (Å²) < 4.78 is 5.42. The van der Waals surface area contributed by atoms with E-state index in [1.807, 2.05) is 0 Å². The van der Waals surface area contributed by atoms with Crippen molar-refractivity contribution < 1.29 is 14.6 Å². The van der Waals surface area contributed by atoms with Gasteiger partial charge in [-0.15, -0.1) is 12.3 Å². The molecule has 1 aromatic carbocycles. The number of aliphatic carboxylic acids is 1. The van der Waals surface area contributed by atoms with Crippen LogP contribution in [0.3, 0.4) is 0 Å². The topological polar surface area (TPSA) is 46.5 Å². The number of carboxylic acid groups (broad SMARTS) is 1. The lowest BCUT2D eigenvalue weighted by Crippen LogP contribution is -1.98. The lowest BCUT2D eigenvalue weighted by atomic mass is 10.2. The van der Waals surface area contributed by atoms with E-state index in [9.17, 15) is 4.79 Å². The third-order valence-electron chi connectivity index (χ3n) is 1.90. The fraction of sp³-hybridized carbons (Fsp3) is 0.154. The Morgan fingerprint density at radius 3 is 3.00 bits per heavy atom. The monoisotopic (exact) mass is 250 g/mol. The zero-order chi connectivity index (χ0) is 12.7. The number of hydrogen-bond donors (Lipinski definition) is 1. The van der Waals surface area contributed by atoms with Gasteiger partial charge in [0.1, 0.15) is 5.75 Å². The van der Waals surface area contributed by atoms with E-state index >= 15 is 0 Å². The molecule has 0 saturated heterocycles. The summed E-state index contributed by atoms with van der Waals surface area (Å²) in [7, 11) is 0. The molecule has 3 nitrogen and oxygen atoms in total. The second-order valence-corrected chi connectivity index (χ2v) is 3.54. The van der Waals surface area contributed by atoms with Crippen LogP contribution in [0.25, 0.3) is 6.08 Å². The molecule has 0 aromatic heterocycles. The fourth-order valence-corrected chi connectivity index (χ4v) is 1.42. The maximum absolute atomic E-state index is 10.4. The molecule has 0 aliphatic carbocycles. The molecular weight excluding hydrogens is 240 g/mol. The van der Waals surface area contributed by atoms with Gasteiger partial charge in [0.05, 0.1) is 11.6 Å². The molecule has 0 unspecified atom stereocenters. The molecule has 0 aliphatic rings. The van der Waals surface area contributed by atoms with E-state index in [-0.39, 0.29) is 0 Å². The molecule has 0 heterocycles. The minimum Gasteiger partial charge on any atom is -0.490 e. The first-order valence-corrected chi connectivity index (χ1v) is 5.28. The van der Waals surface area contributed by atoms with Gasteiger partial charge in [-0.1, -0.05) is 23.7 Å². The molecule has 88 valence electrons. The van der Waals surface area contributed by atoms with E-state index in [0.717, 1.165) is 6.08 Å². The summed E-state index contributed by atoms with van der Waals surface area (Å²) in [6.07, 6.45) is 8.04. The van der Waals surface area contributed by atoms with Gasteiger partial charge < -0.3 is 9.84 Å². The minimum absolute atomic E-state index is 0.341. The van der Waals surface area contributed by atoms with Crippen LogP contribution in [0.5, 0.6) is 5.75 Å². The molecule has 0 bridgehead atoms. The van der Waals surface area contributed by atoms with Gasteiger partial charge in [0.25, 0.3) is 0 Å². The van der Waals surface area contributed by atoms with Crippen molar-refractivity contribution in [3.05, 3.63) is 34.9 Å². The SMILES string of the molecule is C#CCCOc1c(Cl)cccc1/C=C/C(=O)O. The van der Waals surface area contributed by atoms with E-state index in [1.54, 1.807) is 18.2 Å². The summed E-state index contributed by atoms with van der Waals surface area (Å²) in [5.74, 6) is 1.86. The molecule has 0 spiro atoms. The summed E-state index contributed by atoms with van der Waals surface area (Å²) in [6, 6.07) is 5.11. The number of benzene rings is 1. The number of rotatable bonds is 5. The third-order valence-corrected chi connectivity index (χ3v) is 2.19. The Morgan fingerprint density at radius 2 is 2.35 bits per heavy atom. The standard InChI is InChI=1S/C13H11ClO3/c1-2-3-9-17-13-10(7-8-12(15)16)5-4-6-11(13)14/h1,4-8H,3,9H2,(H,15,16)/b8-7+. The average Bonchev–Trinajstić information content (AvgIpc) is 2.29. The Hall–Kier alpha value is -1.92. The Bertz CT molecular complexity index is 472. The summed E-state index contributed by atoms with van der Waals surface area (Å²) in [5.41, 5.74) is 0.608. The second-order valence-electron chi connectivity index (χ2n) is 3.13. The first kappa shape index (κ1) is 13.1. The van der Waals surface area contributed by atoms with Gasteiger partial charge >= 0.3 is 5.97 Å². The number of terminal acetylenes is 1. The Kier molecular flexibility index (Phi) is 5.12. The molecule has 0 aliphatic heterocycles. The van der Waals surface area contributed by atoms with Crippen molar-refractivity contribution in [3.63, 3.8) is 0 Å². The maximum Gasteiger partial charge on any atom is 0.328 e. The molecule has 0 amide bonds. The van der Waals surface area contributed by atoms with E-state index in [2.05, 4.69) is 5.92 Å². The third kappa shape index (κ3) is 4.21. The van der Waals surface area contributed by atoms with Gasteiger partial charge in [-0.25, -0.2) is 4.79 Å². The van der Waals surface area contributed by atoms with Crippen LogP contribution in [0, 0.1) is 12.3 Å². The quantitative estimate of drug-likeness (QED) is 0.497. The number of carboxylic acids is 1. The van der Waals surface area contributed by atoms with Crippen LogP contribution in [-0.4, -0.2) is 17.7 Å². The molecule has 0 atom stereocenters. The second kappa shape index (κ2) is 6.62. The highest BCUT2D eigenvalue weighted by molar-refractivity contribution is 6.32. The molecular formula is C13H11ClO3. The molecule has 0 saturated carbocycles. The fourth-order valence-electron chi connectivity index (χ4n) is 1.18. The van der Waals surface area contributed by atoms with Crippen LogP contribution in [0.1, 0.15) is 12.0 Å². The van der Waals surface area contributed by atoms with E-state index in [0.29, 0.717) is 29.4 Å². The largest absolute Gasteiger partial charge is 0.490 e. The zero-order valence-corrected chi connectivity index (χ0v) is 9.78. The van der Waals surface area contributed by atoms with Crippen molar-refractivity contribution in [1.29, 1.82) is 0 Å². The van der Waals surface area contributed by atoms with Crippen molar-refractivity contribution in [2.75, 3.05) is 6.61 Å². The molecule has 0 fully saturated rings. The highest BCUT2D eigenvalue weighted by atomic mass is 35.5. The van der Waals surface area contributed by atoms with Crippen LogP contribution in [0.2, 0.25) is 5.02 Å². The zero-order valence-electron chi connectivity index (χ0n) is 9.02. The molecule has 0 radical (unpaired) electrons. The van der Waals surface area contributed by atoms with Gasteiger partial charge in [0.2, 0.25) is 0 Å². The first-order chi connectivity index (χ1) is 8.15. The molecule has 4 heteroatoms. The van der Waals surface area contributed by atoms with Gasteiger partial charge in [0, 0.05) is 18.1 Å². The molecule has 1 aromatic rings. The van der Waals surface area contributed by atoms with Crippen molar-refractivity contribution in [2.24, 2.45) is 0 Å². The lowest BCUT2D eigenvalue weighted by Gasteiger charge is -2.09. The predicted molar refractivity (Wildman–Crippen MR) is 67.1 cm³/mol. The van der Waals surface area contributed by atoms with Crippen LogP contribution >= 0.6 is 11.6 Å². The Labute approximate surface area is 105 Å². The van der Waals surface area contributed by atoms with Crippen LogP contribution in [-0.2, 0) is 4.79 Å². The smallest absolute Gasteiger partial charge is 0.328 e. The number of hydrogen-bond acceptors (Lipinski definition) is 2. The predicted octanol–water partition coefficient (Wildman–Crippen LogP) is 2.84. The maximum atomic E-state index is 10.4. The van der Waals surface area contributed by atoms with Gasteiger partial charge in [-0.3, -0.25) is 0 Å². The Morgan fingerprint density at radius 1 is 1.59 bits per heavy atom. The van der Waals surface area contributed by atoms with Crippen molar-refractivity contribution in [1.82, 2.24) is 0 Å². The average molecular weight is 251 g/mol. The number of ether oxygens (including phenoxy) is 1. The van der Waals surface area contributed by atoms with Crippen molar-refractivity contribution in [2.45, 2.75) is 6.42 Å². The van der Waals surface area contributed by atoms with E-state index in [4.69, 9.17) is 27.9 Å². The number of carbonyl (C=O) groups is 1. The lowest BCUT2D eigenvalue weighted by molar-refractivity contribution is -0.131. The van der Waals surface area contributed by atoms with Crippen LogP contribution < -0.4 is 4.74 Å². The highest BCUT2D eigenvalue weighted by Gasteiger charge is 2.06. The molecule has 1 rings (SSSR count). The van der Waals surface area contributed by atoms with Crippen LogP contribution in [0.15, 0.2) is 24.3 Å². The molecule has 17 heavy (non-hydrogen) atoms. The van der Waals surface area contributed by atoms with Gasteiger partial charge in [-0.2, -0.15) is 0 Å². The summed E-state index contributed by atoms with van der Waals surface area (Å²) in [6.45, 7) is 0.341. The summed E-state index contributed by atoms with van der Waals surface area (Å²) in [5, 5.41) is 8.99. The van der Waals surface area contributed by atoms with Crippen LogP contribution in [0.4, 0.5) is 0 Å². The first-order valence-electron chi connectivity index (χ1n) is 4.91. The van der Waals surface area contributed by atoms with Gasteiger partial charge in [0.15, 0.2) is 0 Å².